The number of likely N-dealkylation sites (tertiary alicyclic amines) is 1. The minimum atomic E-state index is -0.375. The quantitative estimate of drug-likeness (QED) is 0.454. The normalized spacial score (nSPS) is 13.8. The van der Waals surface area contributed by atoms with Crippen molar-refractivity contribution in [2.24, 2.45) is 0 Å². The van der Waals surface area contributed by atoms with E-state index in [4.69, 9.17) is 14.2 Å². The van der Waals surface area contributed by atoms with Gasteiger partial charge < -0.3 is 24.4 Å². The van der Waals surface area contributed by atoms with Gasteiger partial charge in [-0.05, 0) is 39.3 Å². The highest BCUT2D eigenvalue weighted by molar-refractivity contribution is 6.04. The average molecular weight is 495 g/mol. The number of anilines is 1. The lowest BCUT2D eigenvalue weighted by molar-refractivity contribution is 0.0645. The number of rotatable bonds is 10. The molecule has 4 rings (SSSR count). The third-order valence-corrected chi connectivity index (χ3v) is 5.47. The molecule has 3 aromatic rings. The van der Waals surface area contributed by atoms with Crippen molar-refractivity contribution in [1.29, 1.82) is 0 Å². The van der Waals surface area contributed by atoms with E-state index in [-0.39, 0.29) is 35.5 Å². The van der Waals surface area contributed by atoms with Crippen LogP contribution in [0.3, 0.4) is 0 Å². The summed E-state index contributed by atoms with van der Waals surface area (Å²) in [5.74, 6) is 0.836. The summed E-state index contributed by atoms with van der Waals surface area (Å²) in [5, 5.41) is 7.16. The molecule has 11 heteroatoms. The second-order valence-corrected chi connectivity index (χ2v) is 8.79. The van der Waals surface area contributed by atoms with Crippen molar-refractivity contribution in [3.63, 3.8) is 0 Å². The molecule has 2 aromatic heterocycles. The van der Waals surface area contributed by atoms with E-state index >= 15 is 0 Å². The third kappa shape index (κ3) is 6.16. The minimum absolute atomic E-state index is 0.151. The molecular formula is C25H30N6O5. The average Bonchev–Trinajstić information content (AvgIpc) is 3.27. The molecule has 3 heterocycles. The van der Waals surface area contributed by atoms with Crippen molar-refractivity contribution in [3.05, 3.63) is 54.1 Å². The number of ether oxygens (including phenoxy) is 3. The van der Waals surface area contributed by atoms with E-state index < -0.39 is 0 Å². The number of aromatic nitrogens is 4. The Hall–Kier alpha value is -3.99. The number of methoxy groups -OCH3 is 1. The summed E-state index contributed by atoms with van der Waals surface area (Å²) in [6.45, 7) is 7.69. The van der Waals surface area contributed by atoms with Gasteiger partial charge in [-0.15, -0.1) is 0 Å². The first-order valence-electron chi connectivity index (χ1n) is 11.8. The summed E-state index contributed by atoms with van der Waals surface area (Å²) in [6.07, 6.45) is 5.31. The van der Waals surface area contributed by atoms with E-state index in [1.54, 1.807) is 47.2 Å². The molecule has 190 valence electrons. The number of carbonyl (C=O) groups excluding carboxylic acids is 2. The van der Waals surface area contributed by atoms with Crippen molar-refractivity contribution in [2.45, 2.75) is 39.3 Å². The zero-order valence-corrected chi connectivity index (χ0v) is 20.8. The van der Waals surface area contributed by atoms with Crippen LogP contribution in [0.15, 0.2) is 42.9 Å². The van der Waals surface area contributed by atoms with Gasteiger partial charge in [-0.2, -0.15) is 5.10 Å². The Kier molecular flexibility index (Phi) is 7.79. The van der Waals surface area contributed by atoms with Crippen molar-refractivity contribution in [2.75, 3.05) is 32.1 Å². The first-order chi connectivity index (χ1) is 17.3. The number of nitrogens with one attached hydrogen (secondary N) is 1. The highest BCUT2D eigenvalue weighted by Gasteiger charge is 2.23. The second-order valence-electron chi connectivity index (χ2n) is 8.79. The molecule has 1 aromatic carbocycles. The highest BCUT2D eigenvalue weighted by Crippen LogP contribution is 2.28. The highest BCUT2D eigenvalue weighted by atomic mass is 16.5. The molecule has 1 fully saturated rings. The Balaban J connectivity index is 1.53. The predicted molar refractivity (Wildman–Crippen MR) is 132 cm³/mol. The lowest BCUT2D eigenvalue weighted by Gasteiger charge is -2.30. The number of nitrogens with zero attached hydrogens (tertiary/aromatic N) is 5. The van der Waals surface area contributed by atoms with Crippen molar-refractivity contribution < 1.29 is 23.8 Å². The largest absolute Gasteiger partial charge is 0.488 e. The molecule has 11 nitrogen and oxygen atoms in total. The molecule has 1 saturated heterocycles. The molecule has 0 unspecified atom stereocenters. The first kappa shape index (κ1) is 25.1. The Labute approximate surface area is 209 Å². The smallest absolute Gasteiger partial charge is 0.274 e. The SMILES string of the molecule is COC[C@H](C)Oc1cc(Oc2cnc(C(=O)N3CCC3)cn2)cc(C(=O)Nc2ccn(C(C)C)n2)c1. The molecule has 0 saturated carbocycles. The van der Waals surface area contributed by atoms with Gasteiger partial charge in [0.2, 0.25) is 5.88 Å². The first-order valence-corrected chi connectivity index (χ1v) is 11.8. The lowest BCUT2D eigenvalue weighted by atomic mass is 10.2. The van der Waals surface area contributed by atoms with Crippen molar-refractivity contribution >= 4 is 17.6 Å². The molecule has 2 amide bonds. The van der Waals surface area contributed by atoms with Gasteiger partial charge >= 0.3 is 0 Å². The number of amides is 2. The van der Waals surface area contributed by atoms with Crippen LogP contribution in [0.1, 0.15) is 54.1 Å². The predicted octanol–water partition coefficient (Wildman–Crippen LogP) is 3.56. The van der Waals surface area contributed by atoms with Gasteiger partial charge in [0.05, 0.1) is 19.0 Å². The van der Waals surface area contributed by atoms with Gasteiger partial charge in [0, 0.05) is 50.1 Å². The summed E-state index contributed by atoms with van der Waals surface area (Å²) in [4.78, 5) is 35.4. The van der Waals surface area contributed by atoms with Crippen LogP contribution in [0.4, 0.5) is 5.82 Å². The maximum Gasteiger partial charge on any atom is 0.274 e. The molecule has 0 spiro atoms. The van der Waals surface area contributed by atoms with Crippen LogP contribution in [-0.4, -0.2) is 69.4 Å². The van der Waals surface area contributed by atoms with Gasteiger partial charge in [-0.1, -0.05) is 0 Å². The lowest BCUT2D eigenvalue weighted by Crippen LogP contribution is -2.42. The number of hydrogen-bond donors (Lipinski definition) is 1. The fourth-order valence-electron chi connectivity index (χ4n) is 3.49. The van der Waals surface area contributed by atoms with E-state index in [1.807, 2.05) is 20.8 Å². The zero-order chi connectivity index (χ0) is 25.7. The molecule has 0 aliphatic carbocycles. The van der Waals surface area contributed by atoms with E-state index in [0.29, 0.717) is 29.5 Å². The van der Waals surface area contributed by atoms with Crippen molar-refractivity contribution in [3.8, 4) is 17.4 Å². The second kappa shape index (κ2) is 11.2. The van der Waals surface area contributed by atoms with Crippen LogP contribution in [0.25, 0.3) is 0 Å². The van der Waals surface area contributed by atoms with Crippen LogP contribution in [0.5, 0.6) is 17.4 Å². The van der Waals surface area contributed by atoms with Gasteiger partial charge in [0.15, 0.2) is 5.82 Å². The molecule has 1 N–H and O–H groups in total. The summed E-state index contributed by atoms with van der Waals surface area (Å²) in [5.41, 5.74) is 0.567. The maximum atomic E-state index is 13.0. The Bertz CT molecular complexity index is 1210. The summed E-state index contributed by atoms with van der Waals surface area (Å²) >= 11 is 0. The van der Waals surface area contributed by atoms with Crippen LogP contribution in [-0.2, 0) is 4.74 Å². The van der Waals surface area contributed by atoms with Crippen LogP contribution in [0, 0.1) is 0 Å². The minimum Gasteiger partial charge on any atom is -0.488 e. The fourth-order valence-corrected chi connectivity index (χ4v) is 3.49. The van der Waals surface area contributed by atoms with E-state index in [2.05, 4.69) is 20.4 Å². The Morgan fingerprint density at radius 2 is 1.86 bits per heavy atom. The molecular weight excluding hydrogens is 464 g/mol. The van der Waals surface area contributed by atoms with Crippen LogP contribution >= 0.6 is 0 Å². The summed E-state index contributed by atoms with van der Waals surface area (Å²) in [6, 6.07) is 6.74. The zero-order valence-electron chi connectivity index (χ0n) is 20.8. The Morgan fingerprint density at radius 1 is 1.08 bits per heavy atom. The van der Waals surface area contributed by atoms with Crippen LogP contribution < -0.4 is 14.8 Å². The molecule has 0 radical (unpaired) electrons. The van der Waals surface area contributed by atoms with E-state index in [9.17, 15) is 9.59 Å². The van der Waals surface area contributed by atoms with Gasteiger partial charge in [-0.3, -0.25) is 14.3 Å². The van der Waals surface area contributed by atoms with Gasteiger partial charge in [0.1, 0.15) is 23.3 Å². The topological polar surface area (TPSA) is 121 Å². The third-order valence-electron chi connectivity index (χ3n) is 5.47. The fraction of sp³-hybridized carbons (Fsp3) is 0.400. The number of hydrogen-bond acceptors (Lipinski definition) is 8. The van der Waals surface area contributed by atoms with E-state index in [1.165, 1.54) is 12.4 Å². The monoisotopic (exact) mass is 494 g/mol. The number of carbonyl (C=O) groups is 2. The molecule has 36 heavy (non-hydrogen) atoms. The van der Waals surface area contributed by atoms with Crippen LogP contribution in [0.2, 0.25) is 0 Å². The van der Waals surface area contributed by atoms with Crippen molar-refractivity contribution in [1.82, 2.24) is 24.6 Å². The van der Waals surface area contributed by atoms with Gasteiger partial charge in [0.25, 0.3) is 11.8 Å². The Morgan fingerprint density at radius 3 is 2.47 bits per heavy atom. The summed E-state index contributed by atoms with van der Waals surface area (Å²) in [7, 11) is 1.59. The summed E-state index contributed by atoms with van der Waals surface area (Å²) < 4.78 is 18.7. The van der Waals surface area contributed by atoms with E-state index in [0.717, 1.165) is 19.5 Å². The molecule has 1 atom stereocenters. The standard InChI is InChI=1S/C25H30N6O5/c1-16(2)31-9-6-22(29-31)28-24(32)18-10-19(35-17(3)15-34-4)12-20(11-18)36-23-14-26-21(13-27-23)25(33)30-7-5-8-30/h6,9-14,16-17H,5,7-8,15H2,1-4H3,(H,28,29,32)/t17-/m0/s1. The number of benzene rings is 1. The maximum absolute atomic E-state index is 13.0. The molecule has 0 bridgehead atoms. The molecule has 1 aliphatic heterocycles. The molecule has 1 aliphatic rings. The van der Waals surface area contributed by atoms with Gasteiger partial charge in [-0.25, -0.2) is 9.97 Å².